The van der Waals surface area contributed by atoms with Gasteiger partial charge in [0.1, 0.15) is 5.76 Å². The number of hydrogen-bond donors (Lipinski definition) is 1. The first-order valence-electron chi connectivity index (χ1n) is 9.32. The van der Waals surface area contributed by atoms with Crippen molar-refractivity contribution in [1.29, 1.82) is 0 Å². The Hall–Kier alpha value is -3.73. The summed E-state index contributed by atoms with van der Waals surface area (Å²) in [5.41, 5.74) is 3.84. The molecule has 0 bridgehead atoms. The maximum Gasteiger partial charge on any atom is 0.300 e. The number of nitrogens with zero attached hydrogens (tertiary/aromatic N) is 2. The Morgan fingerprint density at radius 2 is 1.69 bits per heavy atom. The van der Waals surface area contributed by atoms with Crippen LogP contribution in [0, 0.1) is 13.8 Å². The lowest BCUT2D eigenvalue weighted by Crippen LogP contribution is -2.29. The van der Waals surface area contributed by atoms with Crippen molar-refractivity contribution >= 4 is 23.1 Å². The van der Waals surface area contributed by atoms with Crippen LogP contribution in [0.1, 0.15) is 28.3 Å². The Bertz CT molecular complexity index is 1140. The first kappa shape index (κ1) is 18.6. The maximum atomic E-state index is 13.1. The number of aromatic nitrogens is 1. The Kier molecular flexibility index (Phi) is 4.72. The normalized spacial score (nSPS) is 18.3. The number of amides is 1. The summed E-state index contributed by atoms with van der Waals surface area (Å²) in [5.74, 6) is -1.55. The van der Waals surface area contributed by atoms with Gasteiger partial charge in [-0.15, -0.1) is 0 Å². The van der Waals surface area contributed by atoms with Crippen LogP contribution in [-0.4, -0.2) is 21.8 Å². The van der Waals surface area contributed by atoms with E-state index in [1.165, 1.54) is 17.3 Å². The number of aliphatic hydroxyl groups is 1. The molecular formula is C24H20N2O3. The molecule has 0 radical (unpaired) electrons. The summed E-state index contributed by atoms with van der Waals surface area (Å²) in [5, 5.41) is 11.0. The zero-order chi connectivity index (χ0) is 20.5. The lowest BCUT2D eigenvalue weighted by atomic mass is 9.92. The van der Waals surface area contributed by atoms with Crippen LogP contribution in [0.5, 0.6) is 0 Å². The van der Waals surface area contributed by atoms with E-state index in [4.69, 9.17) is 0 Å². The van der Waals surface area contributed by atoms with Gasteiger partial charge >= 0.3 is 0 Å². The molecule has 0 spiro atoms. The van der Waals surface area contributed by atoms with E-state index in [1.54, 1.807) is 18.2 Å². The minimum Gasteiger partial charge on any atom is -0.507 e. The topological polar surface area (TPSA) is 70.5 Å². The molecule has 0 aliphatic carbocycles. The van der Waals surface area contributed by atoms with Crippen LogP contribution >= 0.6 is 0 Å². The average Bonchev–Trinajstić information content (AvgIpc) is 2.99. The molecule has 0 saturated carbocycles. The molecule has 5 nitrogen and oxygen atoms in total. The fourth-order valence-corrected chi connectivity index (χ4v) is 3.73. The molecule has 4 rings (SSSR count). The minimum absolute atomic E-state index is 0.0806. The largest absolute Gasteiger partial charge is 0.507 e. The Morgan fingerprint density at radius 3 is 2.38 bits per heavy atom. The van der Waals surface area contributed by atoms with Crippen molar-refractivity contribution in [2.75, 3.05) is 4.90 Å². The van der Waals surface area contributed by atoms with Crippen molar-refractivity contribution in [2.24, 2.45) is 0 Å². The molecule has 5 heteroatoms. The van der Waals surface area contributed by atoms with E-state index in [0.717, 1.165) is 16.7 Å². The number of aliphatic hydroxyl groups excluding tert-OH is 1. The molecule has 1 N–H and O–H groups in total. The van der Waals surface area contributed by atoms with Crippen molar-refractivity contribution in [2.45, 2.75) is 19.9 Å². The van der Waals surface area contributed by atoms with E-state index in [0.29, 0.717) is 11.3 Å². The van der Waals surface area contributed by atoms with Crippen LogP contribution in [0.15, 0.2) is 78.6 Å². The number of carbonyl (C=O) groups excluding carboxylic acids is 2. The Labute approximate surface area is 169 Å². The third kappa shape index (κ3) is 3.21. The van der Waals surface area contributed by atoms with Crippen LogP contribution in [-0.2, 0) is 9.59 Å². The van der Waals surface area contributed by atoms with Gasteiger partial charge in [-0.05, 0) is 54.8 Å². The second-order valence-corrected chi connectivity index (χ2v) is 7.10. The Balaban J connectivity index is 1.99. The number of hydrogen-bond acceptors (Lipinski definition) is 4. The number of ketones is 1. The molecule has 1 aliphatic heterocycles. The summed E-state index contributed by atoms with van der Waals surface area (Å²) < 4.78 is 0. The molecule has 1 unspecified atom stereocenters. The van der Waals surface area contributed by atoms with Gasteiger partial charge in [0.05, 0.1) is 11.6 Å². The standard InChI is InChI=1S/C24H20N2O3/c1-15-6-5-8-18(14-15)26-21(19-9-4-3-7-16(19)2)20(23(28)24(26)29)22(27)17-10-12-25-13-11-17/h3-14,21,27H,1-2H3/b22-20+. The van der Waals surface area contributed by atoms with Gasteiger partial charge in [-0.25, -0.2) is 0 Å². The molecule has 1 fully saturated rings. The van der Waals surface area contributed by atoms with Crippen molar-refractivity contribution < 1.29 is 14.7 Å². The fourth-order valence-electron chi connectivity index (χ4n) is 3.73. The first-order valence-corrected chi connectivity index (χ1v) is 9.32. The van der Waals surface area contributed by atoms with Crippen LogP contribution < -0.4 is 4.90 Å². The number of Topliss-reactive ketones (excluding diaryl/α,β-unsaturated/α-hetero) is 1. The van der Waals surface area contributed by atoms with Gasteiger partial charge in [0, 0.05) is 23.6 Å². The fraction of sp³-hybridized carbons (Fsp3) is 0.125. The van der Waals surface area contributed by atoms with Gasteiger partial charge in [0.15, 0.2) is 0 Å². The molecule has 1 atom stereocenters. The molecule has 1 aliphatic rings. The number of aryl methyl sites for hydroxylation is 2. The SMILES string of the molecule is Cc1cccc(N2C(=O)C(=O)/C(=C(/O)c3ccncc3)C2c2ccccc2C)c1. The molecule has 3 aromatic rings. The second-order valence-electron chi connectivity index (χ2n) is 7.10. The van der Waals surface area contributed by atoms with Crippen molar-refractivity contribution in [3.8, 4) is 0 Å². The predicted octanol–water partition coefficient (Wildman–Crippen LogP) is 4.32. The number of rotatable bonds is 3. The van der Waals surface area contributed by atoms with Crippen LogP contribution in [0.4, 0.5) is 5.69 Å². The number of carbonyl (C=O) groups is 2. The summed E-state index contributed by atoms with van der Waals surface area (Å²) in [6.45, 7) is 3.86. The maximum absolute atomic E-state index is 13.1. The van der Waals surface area contributed by atoms with Gasteiger partial charge in [-0.1, -0.05) is 36.4 Å². The number of benzene rings is 2. The highest BCUT2D eigenvalue weighted by Gasteiger charge is 2.47. The Morgan fingerprint density at radius 1 is 0.966 bits per heavy atom. The van der Waals surface area contributed by atoms with Gasteiger partial charge in [-0.3, -0.25) is 19.5 Å². The molecule has 1 aromatic heterocycles. The zero-order valence-electron chi connectivity index (χ0n) is 16.2. The number of anilines is 1. The van der Waals surface area contributed by atoms with Gasteiger partial charge in [0.2, 0.25) is 0 Å². The minimum atomic E-state index is -0.717. The van der Waals surface area contributed by atoms with Gasteiger partial charge in [-0.2, -0.15) is 0 Å². The van der Waals surface area contributed by atoms with Crippen LogP contribution in [0.2, 0.25) is 0 Å². The van der Waals surface area contributed by atoms with E-state index in [2.05, 4.69) is 4.98 Å². The zero-order valence-corrected chi connectivity index (χ0v) is 16.2. The van der Waals surface area contributed by atoms with Crippen molar-refractivity contribution in [3.05, 3.63) is 101 Å². The number of pyridine rings is 1. The molecule has 1 saturated heterocycles. The van der Waals surface area contributed by atoms with E-state index < -0.39 is 17.7 Å². The lowest BCUT2D eigenvalue weighted by molar-refractivity contribution is -0.132. The second kappa shape index (κ2) is 7.36. The molecule has 144 valence electrons. The third-order valence-electron chi connectivity index (χ3n) is 5.16. The molecule has 29 heavy (non-hydrogen) atoms. The first-order chi connectivity index (χ1) is 14.0. The summed E-state index contributed by atoms with van der Waals surface area (Å²) in [6, 6.07) is 17.5. The highest BCUT2D eigenvalue weighted by atomic mass is 16.3. The predicted molar refractivity (Wildman–Crippen MR) is 111 cm³/mol. The van der Waals surface area contributed by atoms with E-state index in [1.807, 2.05) is 56.3 Å². The summed E-state index contributed by atoms with van der Waals surface area (Å²) >= 11 is 0. The summed E-state index contributed by atoms with van der Waals surface area (Å²) in [7, 11) is 0. The van der Waals surface area contributed by atoms with Gasteiger partial charge < -0.3 is 5.11 Å². The smallest absolute Gasteiger partial charge is 0.300 e. The van der Waals surface area contributed by atoms with E-state index >= 15 is 0 Å². The lowest BCUT2D eigenvalue weighted by Gasteiger charge is -2.27. The monoisotopic (exact) mass is 384 g/mol. The average molecular weight is 384 g/mol. The highest BCUT2D eigenvalue weighted by molar-refractivity contribution is 6.51. The van der Waals surface area contributed by atoms with Gasteiger partial charge in [0.25, 0.3) is 11.7 Å². The van der Waals surface area contributed by atoms with Crippen LogP contribution in [0.3, 0.4) is 0 Å². The van der Waals surface area contributed by atoms with E-state index in [9.17, 15) is 14.7 Å². The van der Waals surface area contributed by atoms with Crippen molar-refractivity contribution in [3.63, 3.8) is 0 Å². The van der Waals surface area contributed by atoms with E-state index in [-0.39, 0.29) is 11.3 Å². The molecular weight excluding hydrogens is 364 g/mol. The van der Waals surface area contributed by atoms with Crippen LogP contribution in [0.25, 0.3) is 5.76 Å². The molecule has 2 aromatic carbocycles. The highest BCUT2D eigenvalue weighted by Crippen LogP contribution is 2.43. The summed E-state index contributed by atoms with van der Waals surface area (Å²) in [4.78, 5) is 31.6. The molecule has 2 heterocycles. The summed E-state index contributed by atoms with van der Waals surface area (Å²) in [6.07, 6.45) is 3.07. The third-order valence-corrected chi connectivity index (χ3v) is 5.16. The van der Waals surface area contributed by atoms with Crippen molar-refractivity contribution in [1.82, 2.24) is 4.98 Å². The quantitative estimate of drug-likeness (QED) is 0.415. The molecule has 1 amide bonds.